The lowest BCUT2D eigenvalue weighted by Gasteiger charge is -2.07. The molecule has 0 atom stereocenters. The van der Waals surface area contributed by atoms with Gasteiger partial charge in [-0.2, -0.15) is 0 Å². The molecule has 2 rings (SSSR count). The van der Waals surface area contributed by atoms with Gasteiger partial charge in [0.2, 0.25) is 0 Å². The molecule has 0 aliphatic heterocycles. The largest absolute Gasteiger partial charge is 0.398 e. The monoisotopic (exact) mass is 267 g/mol. The number of hydrogen-bond donors (Lipinski definition) is 1. The Morgan fingerprint density at radius 3 is 2.47 bits per heavy atom. The normalized spacial score (nSPS) is 10.5. The Balaban J connectivity index is 2.30. The van der Waals surface area contributed by atoms with E-state index in [1.807, 2.05) is 31.2 Å². The lowest BCUT2D eigenvalue weighted by Crippen LogP contribution is -1.90. The maximum Gasteiger partial charge on any atom is 0.143 e. The molecule has 1 nitrogen and oxygen atoms in total. The van der Waals surface area contributed by atoms with Crippen molar-refractivity contribution in [3.05, 3.63) is 52.8 Å². The average Bonchev–Trinajstić information content (AvgIpc) is 2.29. The summed E-state index contributed by atoms with van der Waals surface area (Å²) in [7, 11) is 0. The van der Waals surface area contributed by atoms with Crippen LogP contribution >= 0.6 is 23.4 Å². The fourth-order valence-corrected chi connectivity index (χ4v) is 2.40. The third-order valence-corrected chi connectivity index (χ3v) is 3.67. The van der Waals surface area contributed by atoms with Gasteiger partial charge < -0.3 is 5.73 Å². The molecule has 0 fully saturated rings. The van der Waals surface area contributed by atoms with Crippen molar-refractivity contribution < 1.29 is 4.39 Å². The molecule has 0 saturated carbocycles. The van der Waals surface area contributed by atoms with Crippen molar-refractivity contribution in [1.29, 1.82) is 0 Å². The van der Waals surface area contributed by atoms with Gasteiger partial charge in [0.1, 0.15) is 5.82 Å². The molecular weight excluding hydrogens is 257 g/mol. The van der Waals surface area contributed by atoms with E-state index in [4.69, 9.17) is 17.3 Å². The zero-order chi connectivity index (χ0) is 12.4. The molecule has 0 heterocycles. The van der Waals surface area contributed by atoms with Crippen molar-refractivity contribution in [1.82, 2.24) is 0 Å². The van der Waals surface area contributed by atoms with Gasteiger partial charge in [0.25, 0.3) is 0 Å². The number of rotatable bonds is 2. The fraction of sp³-hybridized carbons (Fsp3) is 0.0769. The zero-order valence-electron chi connectivity index (χ0n) is 9.21. The summed E-state index contributed by atoms with van der Waals surface area (Å²) in [5.41, 5.74) is 7.47. The molecule has 0 aromatic heterocycles. The molecule has 0 spiro atoms. The first-order valence-electron chi connectivity index (χ1n) is 5.05. The molecule has 0 unspecified atom stereocenters. The highest BCUT2D eigenvalue weighted by Crippen LogP contribution is 2.34. The summed E-state index contributed by atoms with van der Waals surface area (Å²) in [6.07, 6.45) is 0. The first-order chi connectivity index (χ1) is 8.06. The number of anilines is 1. The lowest BCUT2D eigenvalue weighted by molar-refractivity contribution is 0.625. The smallest absolute Gasteiger partial charge is 0.143 e. The Labute approximate surface area is 109 Å². The van der Waals surface area contributed by atoms with Gasteiger partial charge >= 0.3 is 0 Å². The molecule has 17 heavy (non-hydrogen) atoms. The van der Waals surface area contributed by atoms with E-state index in [-0.39, 0.29) is 5.02 Å². The minimum absolute atomic E-state index is 0.0516. The van der Waals surface area contributed by atoms with Crippen molar-refractivity contribution in [2.75, 3.05) is 5.73 Å². The number of aryl methyl sites for hydroxylation is 1. The van der Waals surface area contributed by atoms with E-state index in [0.29, 0.717) is 10.6 Å². The summed E-state index contributed by atoms with van der Waals surface area (Å²) in [4.78, 5) is 1.69. The van der Waals surface area contributed by atoms with Gasteiger partial charge in [-0.1, -0.05) is 41.1 Å². The Morgan fingerprint density at radius 1 is 1.18 bits per heavy atom. The van der Waals surface area contributed by atoms with Crippen LogP contribution in [0.2, 0.25) is 5.02 Å². The molecular formula is C13H11ClFNS. The van der Waals surface area contributed by atoms with Crippen molar-refractivity contribution in [3.63, 3.8) is 0 Å². The van der Waals surface area contributed by atoms with E-state index in [2.05, 4.69) is 0 Å². The molecule has 2 aromatic rings. The minimum atomic E-state index is -0.449. The van der Waals surface area contributed by atoms with Crippen LogP contribution in [0.1, 0.15) is 5.56 Å². The van der Waals surface area contributed by atoms with Crippen LogP contribution in [0.4, 0.5) is 10.1 Å². The maximum absolute atomic E-state index is 13.3. The summed E-state index contributed by atoms with van der Waals surface area (Å²) in [6.45, 7) is 2.02. The quantitative estimate of drug-likeness (QED) is 0.810. The van der Waals surface area contributed by atoms with Gasteiger partial charge in [-0.25, -0.2) is 4.39 Å². The standard InChI is InChI=1S/C13H11ClFNS/c1-8-2-4-9(5-3-8)17-13-7-11(15)10(14)6-12(13)16/h2-7H,16H2,1H3. The second kappa shape index (κ2) is 4.98. The third kappa shape index (κ3) is 2.93. The Hall–Kier alpha value is -1.19. The molecule has 0 bridgehead atoms. The molecule has 0 amide bonds. The molecule has 0 saturated heterocycles. The van der Waals surface area contributed by atoms with Gasteiger partial charge in [-0.05, 0) is 31.2 Å². The second-order valence-corrected chi connectivity index (χ2v) is 5.24. The molecule has 0 aliphatic rings. The van der Waals surface area contributed by atoms with E-state index in [9.17, 15) is 4.39 Å². The van der Waals surface area contributed by atoms with Gasteiger partial charge in [-0.15, -0.1) is 0 Å². The third-order valence-electron chi connectivity index (χ3n) is 2.30. The Bertz CT molecular complexity index is 540. The van der Waals surface area contributed by atoms with Crippen LogP contribution in [-0.2, 0) is 0 Å². The highest BCUT2D eigenvalue weighted by atomic mass is 35.5. The van der Waals surface area contributed by atoms with E-state index in [1.54, 1.807) is 0 Å². The topological polar surface area (TPSA) is 26.0 Å². The molecule has 0 aliphatic carbocycles. The Kier molecular flexibility index (Phi) is 3.60. The molecule has 88 valence electrons. The lowest BCUT2D eigenvalue weighted by atomic mass is 10.2. The van der Waals surface area contributed by atoms with E-state index in [0.717, 1.165) is 4.90 Å². The van der Waals surface area contributed by atoms with Crippen LogP contribution in [0.15, 0.2) is 46.2 Å². The van der Waals surface area contributed by atoms with Crippen LogP contribution in [0.3, 0.4) is 0 Å². The average molecular weight is 268 g/mol. The summed E-state index contributed by atoms with van der Waals surface area (Å²) in [6, 6.07) is 10.8. The van der Waals surface area contributed by atoms with Crippen LogP contribution in [0.25, 0.3) is 0 Å². The molecule has 0 radical (unpaired) electrons. The predicted molar refractivity (Wildman–Crippen MR) is 71.1 cm³/mol. The predicted octanol–water partition coefficient (Wildman–Crippen LogP) is 4.52. The summed E-state index contributed by atoms with van der Waals surface area (Å²) in [5, 5.41) is 0.0516. The van der Waals surface area contributed by atoms with E-state index < -0.39 is 5.82 Å². The second-order valence-electron chi connectivity index (χ2n) is 3.72. The fourth-order valence-electron chi connectivity index (χ4n) is 1.37. The zero-order valence-corrected chi connectivity index (χ0v) is 10.8. The van der Waals surface area contributed by atoms with Crippen molar-refractivity contribution in [2.45, 2.75) is 16.7 Å². The Morgan fingerprint density at radius 2 is 1.82 bits per heavy atom. The van der Waals surface area contributed by atoms with Crippen molar-refractivity contribution in [3.8, 4) is 0 Å². The maximum atomic E-state index is 13.3. The van der Waals surface area contributed by atoms with E-state index >= 15 is 0 Å². The molecule has 2 N–H and O–H groups in total. The van der Waals surface area contributed by atoms with Crippen molar-refractivity contribution in [2.24, 2.45) is 0 Å². The van der Waals surface area contributed by atoms with Crippen LogP contribution < -0.4 is 5.73 Å². The number of nitrogen functional groups attached to an aromatic ring is 1. The number of nitrogens with two attached hydrogens (primary N) is 1. The first-order valence-corrected chi connectivity index (χ1v) is 6.25. The van der Waals surface area contributed by atoms with Crippen LogP contribution in [0, 0.1) is 12.7 Å². The van der Waals surface area contributed by atoms with Gasteiger partial charge in [0.05, 0.1) is 5.02 Å². The van der Waals surface area contributed by atoms with Crippen molar-refractivity contribution >= 4 is 29.1 Å². The molecule has 2 aromatic carbocycles. The summed E-state index contributed by atoms with van der Waals surface area (Å²) >= 11 is 7.07. The minimum Gasteiger partial charge on any atom is -0.398 e. The van der Waals surface area contributed by atoms with Crippen LogP contribution in [-0.4, -0.2) is 0 Å². The first kappa shape index (κ1) is 12.3. The van der Waals surface area contributed by atoms with E-state index in [1.165, 1.54) is 29.5 Å². The number of benzene rings is 2. The van der Waals surface area contributed by atoms with Crippen LogP contribution in [0.5, 0.6) is 0 Å². The number of halogens is 2. The van der Waals surface area contributed by atoms with Gasteiger partial charge in [0.15, 0.2) is 0 Å². The number of hydrogen-bond acceptors (Lipinski definition) is 2. The SMILES string of the molecule is Cc1ccc(Sc2cc(F)c(Cl)cc2N)cc1. The highest BCUT2D eigenvalue weighted by molar-refractivity contribution is 7.99. The summed E-state index contributed by atoms with van der Waals surface area (Å²) < 4.78 is 13.3. The molecule has 4 heteroatoms. The van der Waals surface area contributed by atoms with Gasteiger partial charge in [0, 0.05) is 15.5 Å². The van der Waals surface area contributed by atoms with Gasteiger partial charge in [-0.3, -0.25) is 0 Å². The highest BCUT2D eigenvalue weighted by Gasteiger charge is 2.07. The summed E-state index contributed by atoms with van der Waals surface area (Å²) in [5.74, 6) is -0.449.